The van der Waals surface area contributed by atoms with Crippen LogP contribution in [-0.4, -0.2) is 29.3 Å². The molecule has 2 aromatic carbocycles. The van der Waals surface area contributed by atoms with E-state index in [9.17, 15) is 9.59 Å². The van der Waals surface area contributed by atoms with E-state index in [1.165, 1.54) is 31.4 Å². The lowest BCUT2D eigenvalue weighted by Crippen LogP contribution is -1.99. The van der Waals surface area contributed by atoms with Crippen LogP contribution in [0.15, 0.2) is 42.5 Å². The summed E-state index contributed by atoms with van der Waals surface area (Å²) in [6, 6.07) is 10.8. The van der Waals surface area contributed by atoms with E-state index < -0.39 is 11.9 Å². The van der Waals surface area contributed by atoms with E-state index in [1.807, 2.05) is 0 Å². The van der Waals surface area contributed by atoms with Crippen LogP contribution in [0.25, 0.3) is 11.1 Å². The van der Waals surface area contributed by atoms with Gasteiger partial charge in [0.2, 0.25) is 0 Å². The first-order chi connectivity index (χ1) is 9.51. The molecule has 0 aliphatic carbocycles. The second kappa shape index (κ2) is 5.44. The van der Waals surface area contributed by atoms with Gasteiger partial charge < -0.3 is 14.9 Å². The first-order valence-corrected chi connectivity index (χ1v) is 5.77. The predicted octanol–water partition coefficient (Wildman–Crippen LogP) is 2.76. The maximum Gasteiger partial charge on any atom is 0.335 e. The van der Waals surface area contributed by atoms with E-state index >= 15 is 0 Å². The van der Waals surface area contributed by atoms with Crippen molar-refractivity contribution < 1.29 is 24.5 Å². The number of methoxy groups -OCH3 is 1. The summed E-state index contributed by atoms with van der Waals surface area (Å²) in [7, 11) is 1.44. The highest BCUT2D eigenvalue weighted by molar-refractivity contribution is 5.92. The molecule has 0 saturated carbocycles. The van der Waals surface area contributed by atoms with Crippen LogP contribution in [0.4, 0.5) is 0 Å². The van der Waals surface area contributed by atoms with Crippen molar-refractivity contribution in [2.75, 3.05) is 7.11 Å². The molecule has 2 rings (SSSR count). The summed E-state index contributed by atoms with van der Waals surface area (Å²) in [6.45, 7) is 0. The third kappa shape index (κ3) is 2.77. The van der Waals surface area contributed by atoms with Crippen molar-refractivity contribution in [3.8, 4) is 16.9 Å². The Morgan fingerprint density at radius 2 is 1.55 bits per heavy atom. The minimum absolute atomic E-state index is 0.0834. The van der Waals surface area contributed by atoms with Gasteiger partial charge in [-0.25, -0.2) is 9.59 Å². The summed E-state index contributed by atoms with van der Waals surface area (Å²) >= 11 is 0. The molecule has 2 aromatic rings. The third-order valence-electron chi connectivity index (χ3n) is 2.83. The molecule has 0 aromatic heterocycles. The number of aromatic carboxylic acids is 2. The Balaban J connectivity index is 2.56. The molecule has 0 fully saturated rings. The van der Waals surface area contributed by atoms with Gasteiger partial charge in [-0.2, -0.15) is 0 Å². The van der Waals surface area contributed by atoms with E-state index in [2.05, 4.69) is 0 Å². The molecular formula is C15H12O5. The number of hydrogen-bond acceptors (Lipinski definition) is 3. The molecule has 102 valence electrons. The molecular weight excluding hydrogens is 260 g/mol. The molecule has 0 unspecified atom stereocenters. The van der Waals surface area contributed by atoms with Crippen LogP contribution in [0.5, 0.6) is 5.75 Å². The average Bonchev–Trinajstić information content (AvgIpc) is 2.46. The van der Waals surface area contributed by atoms with Crippen LogP contribution in [-0.2, 0) is 0 Å². The number of ether oxygens (including phenoxy) is 1. The Hall–Kier alpha value is -2.82. The summed E-state index contributed by atoms with van der Waals surface area (Å²) in [5, 5.41) is 18.1. The molecule has 0 spiro atoms. The van der Waals surface area contributed by atoms with Gasteiger partial charge in [0, 0.05) is 0 Å². The fraction of sp³-hybridized carbons (Fsp3) is 0.0667. The molecule has 0 aliphatic heterocycles. The van der Waals surface area contributed by atoms with Crippen LogP contribution in [0.3, 0.4) is 0 Å². The van der Waals surface area contributed by atoms with E-state index in [0.717, 1.165) is 0 Å². The smallest absolute Gasteiger partial charge is 0.335 e. The second-order valence-electron chi connectivity index (χ2n) is 4.14. The number of hydrogen-bond donors (Lipinski definition) is 2. The largest absolute Gasteiger partial charge is 0.497 e. The third-order valence-corrected chi connectivity index (χ3v) is 2.83. The van der Waals surface area contributed by atoms with Gasteiger partial charge in [0.05, 0.1) is 18.2 Å². The Kier molecular flexibility index (Phi) is 3.70. The van der Waals surface area contributed by atoms with E-state index in [-0.39, 0.29) is 11.1 Å². The standard InChI is InChI=1S/C15H12O5/c1-20-13-7-11(6-12(8-13)15(18)19)9-3-2-4-10(5-9)14(16)17/h2-8H,1H3,(H,16,17)(H,18,19). The fourth-order valence-electron chi connectivity index (χ4n) is 1.84. The fourth-order valence-corrected chi connectivity index (χ4v) is 1.84. The molecule has 0 heterocycles. The summed E-state index contributed by atoms with van der Waals surface area (Å²) < 4.78 is 5.07. The zero-order valence-electron chi connectivity index (χ0n) is 10.7. The Bertz CT molecular complexity index is 676. The van der Waals surface area contributed by atoms with Crippen molar-refractivity contribution >= 4 is 11.9 Å². The Morgan fingerprint density at radius 1 is 0.900 bits per heavy atom. The molecule has 2 N–H and O–H groups in total. The quantitative estimate of drug-likeness (QED) is 0.894. The first kappa shape index (κ1) is 13.6. The zero-order valence-corrected chi connectivity index (χ0v) is 10.7. The van der Waals surface area contributed by atoms with Crippen molar-refractivity contribution in [1.82, 2.24) is 0 Å². The van der Waals surface area contributed by atoms with Gasteiger partial charge >= 0.3 is 11.9 Å². The van der Waals surface area contributed by atoms with E-state index in [0.29, 0.717) is 16.9 Å². The normalized spacial score (nSPS) is 10.1. The van der Waals surface area contributed by atoms with Crippen LogP contribution in [0.2, 0.25) is 0 Å². The van der Waals surface area contributed by atoms with Crippen LogP contribution >= 0.6 is 0 Å². The van der Waals surface area contributed by atoms with Gasteiger partial charge in [0.15, 0.2) is 0 Å². The summed E-state index contributed by atoms with van der Waals surface area (Å²) in [6.07, 6.45) is 0. The lowest BCUT2D eigenvalue weighted by atomic mass is 10.0. The zero-order chi connectivity index (χ0) is 14.7. The number of benzene rings is 2. The molecule has 0 atom stereocenters. The Labute approximate surface area is 115 Å². The van der Waals surface area contributed by atoms with Gasteiger partial charge in [-0.3, -0.25) is 0 Å². The summed E-state index contributed by atoms with van der Waals surface area (Å²) in [5.41, 5.74) is 1.43. The molecule has 0 aliphatic rings. The van der Waals surface area contributed by atoms with E-state index in [4.69, 9.17) is 14.9 Å². The predicted molar refractivity (Wildman–Crippen MR) is 72.3 cm³/mol. The highest BCUT2D eigenvalue weighted by Gasteiger charge is 2.10. The van der Waals surface area contributed by atoms with Gasteiger partial charge in [-0.15, -0.1) is 0 Å². The van der Waals surface area contributed by atoms with Crippen molar-refractivity contribution in [3.63, 3.8) is 0 Å². The number of carboxylic acids is 2. The van der Waals surface area contributed by atoms with Crippen molar-refractivity contribution in [1.29, 1.82) is 0 Å². The SMILES string of the molecule is COc1cc(C(=O)O)cc(-c2cccc(C(=O)O)c2)c1. The van der Waals surface area contributed by atoms with Gasteiger partial charge in [-0.05, 0) is 41.5 Å². The molecule has 20 heavy (non-hydrogen) atoms. The minimum atomic E-state index is -1.07. The first-order valence-electron chi connectivity index (χ1n) is 5.77. The number of carbonyl (C=O) groups is 2. The van der Waals surface area contributed by atoms with Gasteiger partial charge in [-0.1, -0.05) is 12.1 Å². The van der Waals surface area contributed by atoms with Gasteiger partial charge in [0.1, 0.15) is 5.75 Å². The minimum Gasteiger partial charge on any atom is -0.497 e. The maximum absolute atomic E-state index is 11.1. The van der Waals surface area contributed by atoms with Crippen LogP contribution in [0, 0.1) is 0 Å². The van der Waals surface area contributed by atoms with Gasteiger partial charge in [0.25, 0.3) is 0 Å². The number of rotatable bonds is 4. The molecule has 0 radical (unpaired) electrons. The molecule has 0 saturated heterocycles. The molecule has 5 heteroatoms. The van der Waals surface area contributed by atoms with Crippen molar-refractivity contribution in [3.05, 3.63) is 53.6 Å². The second-order valence-corrected chi connectivity index (χ2v) is 4.14. The van der Waals surface area contributed by atoms with Crippen LogP contribution < -0.4 is 4.74 Å². The van der Waals surface area contributed by atoms with E-state index in [1.54, 1.807) is 18.2 Å². The lowest BCUT2D eigenvalue weighted by molar-refractivity contribution is 0.0685. The lowest BCUT2D eigenvalue weighted by Gasteiger charge is -2.08. The number of carboxylic acid groups (broad SMARTS) is 2. The van der Waals surface area contributed by atoms with Crippen molar-refractivity contribution in [2.24, 2.45) is 0 Å². The molecule has 5 nitrogen and oxygen atoms in total. The van der Waals surface area contributed by atoms with Crippen molar-refractivity contribution in [2.45, 2.75) is 0 Å². The van der Waals surface area contributed by atoms with Crippen LogP contribution in [0.1, 0.15) is 20.7 Å². The average molecular weight is 272 g/mol. The highest BCUT2D eigenvalue weighted by atomic mass is 16.5. The molecule has 0 bridgehead atoms. The highest BCUT2D eigenvalue weighted by Crippen LogP contribution is 2.27. The Morgan fingerprint density at radius 3 is 2.15 bits per heavy atom. The monoisotopic (exact) mass is 272 g/mol. The summed E-state index contributed by atoms with van der Waals surface area (Å²) in [4.78, 5) is 22.0. The maximum atomic E-state index is 11.1. The summed E-state index contributed by atoms with van der Waals surface area (Å²) in [5.74, 6) is -1.70. The topological polar surface area (TPSA) is 83.8 Å². The molecule has 0 amide bonds.